The van der Waals surface area contributed by atoms with E-state index in [0.29, 0.717) is 24.0 Å². The molecule has 42 heavy (non-hydrogen) atoms. The van der Waals surface area contributed by atoms with Crippen LogP contribution in [0.2, 0.25) is 0 Å². The number of unbranched alkanes of at least 4 members (excludes halogenated alkanes) is 15. The van der Waals surface area contributed by atoms with Gasteiger partial charge in [-0.3, -0.25) is 0 Å². The van der Waals surface area contributed by atoms with E-state index in [9.17, 15) is 18.0 Å². The molecule has 0 radical (unpaired) electrons. The zero-order valence-corrected chi connectivity index (χ0v) is 30.3. The van der Waals surface area contributed by atoms with Gasteiger partial charge < -0.3 is 48.6 Å². The Kier molecular flexibility index (Phi) is 28.5. The molecule has 2 amide bonds. The molecule has 12 heteroatoms. The second kappa shape index (κ2) is 27.7. The second-order valence-electron chi connectivity index (χ2n) is 12.2. The van der Waals surface area contributed by atoms with Crippen molar-refractivity contribution >= 4 is 22.2 Å². The molecular formula is C30H63IN4O6S. The van der Waals surface area contributed by atoms with E-state index in [2.05, 4.69) is 27.0 Å². The topological polar surface area (TPSA) is 123 Å². The second-order valence-corrected chi connectivity index (χ2v) is 14.1. The largest absolute Gasteiger partial charge is 1.00 e. The SMILES string of the molecule is CCCCCCCCCCCCCCCCCCNC(=O)OCC(CNS(=O)(=O)CCC[N+](C)(C)C)NC(=O)OC.[I-]. The average molecular weight is 735 g/mol. The number of amides is 2. The highest BCUT2D eigenvalue weighted by molar-refractivity contribution is 7.89. The van der Waals surface area contributed by atoms with Gasteiger partial charge in [-0.05, 0) is 6.42 Å². The Morgan fingerprint density at radius 2 is 1.21 bits per heavy atom. The van der Waals surface area contributed by atoms with Crippen molar-refractivity contribution in [3.63, 3.8) is 0 Å². The fraction of sp³-hybridized carbons (Fsp3) is 0.933. The van der Waals surface area contributed by atoms with Crippen LogP contribution < -0.4 is 39.3 Å². The van der Waals surface area contributed by atoms with Crippen LogP contribution in [-0.4, -0.2) is 91.4 Å². The summed E-state index contributed by atoms with van der Waals surface area (Å²) < 4.78 is 37.6. The number of rotatable bonds is 27. The molecule has 0 aromatic carbocycles. The monoisotopic (exact) mass is 734 g/mol. The van der Waals surface area contributed by atoms with E-state index >= 15 is 0 Å². The van der Waals surface area contributed by atoms with Crippen molar-refractivity contribution < 1.29 is 55.9 Å². The Labute approximate surface area is 274 Å². The van der Waals surface area contributed by atoms with Crippen LogP contribution in [0.3, 0.4) is 0 Å². The highest BCUT2D eigenvalue weighted by atomic mass is 127. The minimum absolute atomic E-state index is 0. The third-order valence-corrected chi connectivity index (χ3v) is 8.45. The third kappa shape index (κ3) is 30.6. The Morgan fingerprint density at radius 3 is 1.67 bits per heavy atom. The summed E-state index contributed by atoms with van der Waals surface area (Å²) in [6.07, 6.45) is 19.9. The Morgan fingerprint density at radius 1 is 0.738 bits per heavy atom. The van der Waals surface area contributed by atoms with Crippen LogP contribution in [0.1, 0.15) is 116 Å². The van der Waals surface area contributed by atoms with Crippen molar-refractivity contribution in [3.05, 3.63) is 0 Å². The lowest BCUT2D eigenvalue weighted by molar-refractivity contribution is -0.870. The fourth-order valence-electron chi connectivity index (χ4n) is 4.50. The van der Waals surface area contributed by atoms with Crippen LogP contribution in [0.4, 0.5) is 9.59 Å². The number of hydrogen-bond acceptors (Lipinski definition) is 6. The molecule has 1 atom stereocenters. The van der Waals surface area contributed by atoms with E-state index in [1.54, 1.807) is 0 Å². The molecule has 0 aliphatic carbocycles. The summed E-state index contributed by atoms with van der Waals surface area (Å²) in [5.74, 6) is -0.0197. The Hall–Kier alpha value is -0.860. The lowest BCUT2D eigenvalue weighted by Gasteiger charge is -2.23. The minimum Gasteiger partial charge on any atom is -1.00 e. The van der Waals surface area contributed by atoms with Gasteiger partial charge in [0, 0.05) is 19.5 Å². The fourth-order valence-corrected chi connectivity index (χ4v) is 5.61. The van der Waals surface area contributed by atoms with Gasteiger partial charge in [0.2, 0.25) is 10.0 Å². The lowest BCUT2D eigenvalue weighted by Crippen LogP contribution is -3.00. The van der Waals surface area contributed by atoms with E-state index < -0.39 is 28.3 Å². The van der Waals surface area contributed by atoms with Gasteiger partial charge in [-0.25, -0.2) is 22.7 Å². The Bertz CT molecular complexity index is 765. The zero-order chi connectivity index (χ0) is 30.8. The van der Waals surface area contributed by atoms with Gasteiger partial charge in [0.15, 0.2) is 0 Å². The Balaban J connectivity index is 0. The van der Waals surface area contributed by atoms with Crippen molar-refractivity contribution in [2.24, 2.45) is 0 Å². The number of hydrogen-bond donors (Lipinski definition) is 3. The first-order chi connectivity index (χ1) is 19.5. The van der Waals surface area contributed by atoms with Crippen molar-refractivity contribution in [1.82, 2.24) is 15.4 Å². The van der Waals surface area contributed by atoms with E-state index in [-0.39, 0.29) is 42.9 Å². The first-order valence-electron chi connectivity index (χ1n) is 16.0. The van der Waals surface area contributed by atoms with Crippen molar-refractivity contribution in [2.45, 2.75) is 122 Å². The summed E-state index contributed by atoms with van der Waals surface area (Å²) in [4.78, 5) is 23.7. The third-order valence-electron chi connectivity index (χ3n) is 7.01. The van der Waals surface area contributed by atoms with E-state index in [1.165, 1.54) is 90.6 Å². The zero-order valence-electron chi connectivity index (χ0n) is 27.3. The van der Waals surface area contributed by atoms with Crippen LogP contribution >= 0.6 is 0 Å². The van der Waals surface area contributed by atoms with Crippen LogP contribution in [0.25, 0.3) is 0 Å². The quantitative estimate of drug-likeness (QED) is 0.0679. The van der Waals surface area contributed by atoms with E-state index in [0.717, 1.165) is 19.3 Å². The predicted octanol–water partition coefficient (Wildman–Crippen LogP) is 2.72. The van der Waals surface area contributed by atoms with E-state index in [4.69, 9.17) is 4.74 Å². The average Bonchev–Trinajstić information content (AvgIpc) is 2.90. The molecule has 0 spiro atoms. The summed E-state index contributed by atoms with van der Waals surface area (Å²) in [5, 5.41) is 5.23. The van der Waals surface area contributed by atoms with Crippen molar-refractivity contribution in [3.8, 4) is 0 Å². The summed E-state index contributed by atoms with van der Waals surface area (Å²) >= 11 is 0. The van der Waals surface area contributed by atoms with Gasteiger partial charge in [0.1, 0.15) is 6.61 Å². The molecular weight excluding hydrogens is 671 g/mol. The van der Waals surface area contributed by atoms with Crippen LogP contribution in [0.5, 0.6) is 0 Å². The number of sulfonamides is 1. The van der Waals surface area contributed by atoms with Crippen LogP contribution in [-0.2, 0) is 19.5 Å². The number of methoxy groups -OCH3 is 1. The van der Waals surface area contributed by atoms with Gasteiger partial charge >= 0.3 is 12.2 Å². The molecule has 10 nitrogen and oxygen atoms in total. The van der Waals surface area contributed by atoms with Gasteiger partial charge in [0.25, 0.3) is 0 Å². The first kappa shape index (κ1) is 43.3. The molecule has 0 aliphatic heterocycles. The molecule has 0 bridgehead atoms. The molecule has 252 valence electrons. The maximum atomic E-state index is 12.3. The molecule has 1 unspecified atom stereocenters. The predicted molar refractivity (Wildman–Crippen MR) is 168 cm³/mol. The maximum absolute atomic E-state index is 12.3. The summed E-state index contributed by atoms with van der Waals surface area (Å²) in [6, 6.07) is -0.753. The highest BCUT2D eigenvalue weighted by Crippen LogP contribution is 2.13. The van der Waals surface area contributed by atoms with Gasteiger partial charge in [0.05, 0.1) is 46.6 Å². The number of carbonyl (C=O) groups excluding carboxylic acids is 2. The van der Waals surface area contributed by atoms with E-state index in [1.807, 2.05) is 21.1 Å². The number of alkyl carbamates (subject to hydrolysis) is 2. The number of halogens is 1. The summed E-state index contributed by atoms with van der Waals surface area (Å²) in [5.41, 5.74) is 0. The van der Waals surface area contributed by atoms with Gasteiger partial charge in [-0.15, -0.1) is 0 Å². The molecule has 0 aromatic heterocycles. The molecule has 0 saturated heterocycles. The number of carbonyl (C=O) groups is 2. The standard InChI is InChI=1S/C30H62N4O6S.HI/c1-6-7-8-9-10-11-12-13-14-15-16-17-18-19-20-21-23-31-29(35)40-27-28(33-30(36)39-5)26-32-41(37,38)25-22-24-34(2,3)4;/h28,32H,6-27H2,1-5H3,(H-,31,33,35,36);1H. The van der Waals surface area contributed by atoms with Crippen molar-refractivity contribution in [2.75, 3.05) is 60.2 Å². The number of quaternary nitrogens is 1. The summed E-state index contributed by atoms with van der Waals surface area (Å²) in [6.45, 7) is 3.22. The molecule has 0 saturated carbocycles. The van der Waals surface area contributed by atoms with Gasteiger partial charge in [-0.2, -0.15) is 0 Å². The van der Waals surface area contributed by atoms with Crippen molar-refractivity contribution in [1.29, 1.82) is 0 Å². The normalized spacial score (nSPS) is 12.3. The minimum atomic E-state index is -3.53. The molecule has 0 rings (SSSR count). The van der Waals surface area contributed by atoms with Crippen LogP contribution in [0, 0.1) is 0 Å². The molecule has 0 aromatic rings. The smallest absolute Gasteiger partial charge is 0.407 e. The number of ether oxygens (including phenoxy) is 2. The molecule has 0 heterocycles. The number of nitrogens with zero attached hydrogens (tertiary/aromatic N) is 1. The van der Waals surface area contributed by atoms with Gasteiger partial charge in [-0.1, -0.05) is 103 Å². The molecule has 0 aliphatic rings. The lowest BCUT2D eigenvalue weighted by atomic mass is 10.0. The first-order valence-corrected chi connectivity index (χ1v) is 17.7. The van der Waals surface area contributed by atoms with Crippen LogP contribution in [0.15, 0.2) is 0 Å². The summed E-state index contributed by atoms with van der Waals surface area (Å²) in [7, 11) is 3.69. The molecule has 0 fully saturated rings. The maximum Gasteiger partial charge on any atom is 0.407 e. The highest BCUT2D eigenvalue weighted by Gasteiger charge is 2.20. The number of nitrogens with one attached hydrogen (secondary N) is 3. The molecule has 3 N–H and O–H groups in total.